The van der Waals surface area contributed by atoms with E-state index in [1.807, 2.05) is 6.92 Å². The van der Waals surface area contributed by atoms with E-state index in [0.29, 0.717) is 5.92 Å². The van der Waals surface area contributed by atoms with E-state index in [0.717, 1.165) is 25.3 Å². The van der Waals surface area contributed by atoms with E-state index in [2.05, 4.69) is 0 Å². The Morgan fingerprint density at radius 1 is 1.50 bits per heavy atom. The molecule has 1 saturated carbocycles. The molecule has 0 saturated heterocycles. The molecule has 0 bridgehead atoms. The summed E-state index contributed by atoms with van der Waals surface area (Å²) in [4.78, 5) is 8.35. The Hall–Kier alpha value is -0.620. The van der Waals surface area contributed by atoms with Gasteiger partial charge in [-0.15, -0.1) is 0 Å². The number of hydrogen-bond acceptors (Lipinski definition) is 2. The number of isocyanates is 1. The monoisotopic (exact) mass is 143 g/mol. The van der Waals surface area contributed by atoms with Crippen LogP contribution in [0.2, 0.25) is 0 Å². The van der Waals surface area contributed by atoms with Gasteiger partial charge in [-0.1, -0.05) is 39.0 Å². The maximum atomic E-state index is 8.35. The molecule has 58 valence electrons. The molecule has 1 fully saturated rings. The Bertz CT molecular complexity index is 147. The summed E-state index contributed by atoms with van der Waals surface area (Å²) in [6.07, 6.45) is 3.95. The second kappa shape index (κ2) is 6.50. The van der Waals surface area contributed by atoms with Gasteiger partial charge >= 0.3 is 0 Å². The minimum absolute atomic E-state index is 0.0428. The van der Waals surface area contributed by atoms with E-state index in [1.165, 1.54) is 0 Å². The molecule has 2 unspecified atom stereocenters. The molecule has 0 heterocycles. The number of carbonyl (C=O) groups excluding carboxylic acids is 1. The lowest BCUT2D eigenvalue weighted by Crippen LogP contribution is -1.99. The third kappa shape index (κ3) is 5.52. The lowest BCUT2D eigenvalue weighted by molar-refractivity contribution is 0.385. The number of nitrogens with one attached hydrogen (secondary N) is 1. The standard InChI is InChI=1S/C7H14.CHNO/c1-7-5-3-2-4-6-7;2-1-3/h7H,2-6H2,1H3;2H/i5D,6D;. The van der Waals surface area contributed by atoms with Crippen LogP contribution >= 0.6 is 0 Å². The summed E-state index contributed by atoms with van der Waals surface area (Å²) >= 11 is 0. The lowest BCUT2D eigenvalue weighted by atomic mass is 9.91. The minimum Gasteiger partial charge on any atom is -0.222 e. The summed E-state index contributed by atoms with van der Waals surface area (Å²) in [7, 11) is 0. The fourth-order valence-electron chi connectivity index (χ4n) is 0.976. The molecule has 0 spiro atoms. The van der Waals surface area contributed by atoms with Gasteiger partial charge in [-0.05, 0) is 5.92 Å². The fraction of sp³-hybridized carbons (Fsp3) is 0.875. The van der Waals surface area contributed by atoms with Crippen LogP contribution in [0.3, 0.4) is 0 Å². The maximum Gasteiger partial charge on any atom is 0.231 e. The topological polar surface area (TPSA) is 40.9 Å². The first-order valence-corrected chi connectivity index (χ1v) is 3.51. The highest BCUT2D eigenvalue weighted by Crippen LogP contribution is 2.21. The highest BCUT2D eigenvalue weighted by molar-refractivity contribution is 5.26. The summed E-state index contributed by atoms with van der Waals surface area (Å²) in [5.41, 5.74) is 0. The van der Waals surface area contributed by atoms with Gasteiger partial charge < -0.3 is 0 Å². The molecule has 1 rings (SSSR count). The Labute approximate surface area is 65.0 Å². The van der Waals surface area contributed by atoms with Crippen molar-refractivity contribution in [3.63, 3.8) is 0 Å². The molecule has 0 aromatic rings. The van der Waals surface area contributed by atoms with Gasteiger partial charge in [-0.3, -0.25) is 0 Å². The normalized spacial score (nSPS) is 41.5. The second-order valence-corrected chi connectivity index (χ2v) is 2.36. The Kier molecular flexibility index (Phi) is 3.97. The summed E-state index contributed by atoms with van der Waals surface area (Å²) < 4.78 is 15.0. The zero-order chi connectivity index (χ0) is 9.56. The molecule has 2 atom stereocenters. The quantitative estimate of drug-likeness (QED) is 0.410. The maximum absolute atomic E-state index is 8.35. The van der Waals surface area contributed by atoms with Crippen LogP contribution < -0.4 is 0 Å². The number of hydrogen-bond donors (Lipinski definition) is 1. The molecule has 1 aliphatic rings. The van der Waals surface area contributed by atoms with Crippen LogP contribution in [-0.4, -0.2) is 6.08 Å². The van der Waals surface area contributed by atoms with E-state index < -0.39 is 0 Å². The van der Waals surface area contributed by atoms with Gasteiger partial charge in [-0.2, -0.15) is 0 Å². The summed E-state index contributed by atoms with van der Waals surface area (Å²) in [6, 6.07) is 0. The molecule has 0 aromatic carbocycles. The number of rotatable bonds is 0. The van der Waals surface area contributed by atoms with Crippen molar-refractivity contribution >= 4 is 6.08 Å². The second-order valence-electron chi connectivity index (χ2n) is 2.36. The highest BCUT2D eigenvalue weighted by Gasteiger charge is 2.05. The average molecular weight is 143 g/mol. The highest BCUT2D eigenvalue weighted by atomic mass is 16.1. The van der Waals surface area contributed by atoms with Gasteiger partial charge in [0.15, 0.2) is 0 Å². The van der Waals surface area contributed by atoms with E-state index in [9.17, 15) is 0 Å². The van der Waals surface area contributed by atoms with Crippen LogP contribution in [0.4, 0.5) is 0 Å². The van der Waals surface area contributed by atoms with Crippen LogP contribution in [0, 0.1) is 11.3 Å². The van der Waals surface area contributed by atoms with Crippen molar-refractivity contribution in [2.24, 2.45) is 5.92 Å². The van der Waals surface area contributed by atoms with Crippen LogP contribution in [0.25, 0.3) is 0 Å². The van der Waals surface area contributed by atoms with Gasteiger partial charge in [0.1, 0.15) is 0 Å². The fourth-order valence-corrected chi connectivity index (χ4v) is 0.976. The average Bonchev–Trinajstić information content (AvgIpc) is 2.02. The van der Waals surface area contributed by atoms with Gasteiger partial charge in [0.2, 0.25) is 6.08 Å². The molecule has 0 aromatic heterocycles. The molecular formula is C8H15NO. The van der Waals surface area contributed by atoms with Crippen LogP contribution in [0.15, 0.2) is 0 Å². The van der Waals surface area contributed by atoms with Crippen LogP contribution in [0.5, 0.6) is 0 Å². The van der Waals surface area contributed by atoms with Crippen molar-refractivity contribution in [2.45, 2.75) is 39.0 Å². The van der Waals surface area contributed by atoms with Crippen LogP contribution in [0.1, 0.15) is 41.7 Å². The molecule has 1 aliphatic carbocycles. The van der Waals surface area contributed by atoms with E-state index in [4.69, 9.17) is 12.9 Å². The third-order valence-corrected chi connectivity index (χ3v) is 1.49. The molecule has 0 radical (unpaired) electrons. The van der Waals surface area contributed by atoms with Gasteiger partial charge in [0.05, 0.1) is 0 Å². The van der Waals surface area contributed by atoms with Crippen LogP contribution in [-0.2, 0) is 4.79 Å². The molecular weight excluding hydrogens is 126 g/mol. The van der Waals surface area contributed by atoms with Gasteiger partial charge in [-0.25, -0.2) is 10.2 Å². The van der Waals surface area contributed by atoms with Crippen molar-refractivity contribution in [1.29, 1.82) is 5.41 Å². The smallest absolute Gasteiger partial charge is 0.222 e. The van der Waals surface area contributed by atoms with Crippen molar-refractivity contribution in [3.8, 4) is 0 Å². The van der Waals surface area contributed by atoms with Gasteiger partial charge in [0, 0.05) is 2.74 Å². The zero-order valence-corrected chi connectivity index (χ0v) is 6.26. The SMILES string of the molecule is N=C=O.[2H]C1CCCC([2H])C1C. The molecule has 1 N–H and O–H groups in total. The first-order valence-electron chi connectivity index (χ1n) is 4.67. The molecule has 2 nitrogen and oxygen atoms in total. The van der Waals surface area contributed by atoms with Crippen molar-refractivity contribution < 1.29 is 7.54 Å². The predicted molar refractivity (Wildman–Crippen MR) is 40.7 cm³/mol. The largest absolute Gasteiger partial charge is 0.231 e. The molecule has 2 heteroatoms. The van der Waals surface area contributed by atoms with E-state index >= 15 is 0 Å². The Balaban J connectivity index is 0.000000354. The Morgan fingerprint density at radius 3 is 2.20 bits per heavy atom. The summed E-state index contributed by atoms with van der Waals surface area (Å²) in [5, 5.41) is 5.40. The molecule has 0 amide bonds. The zero-order valence-electron chi connectivity index (χ0n) is 8.26. The summed E-state index contributed by atoms with van der Waals surface area (Å²) in [6.45, 7) is 2.02. The van der Waals surface area contributed by atoms with E-state index in [-0.39, 0.29) is 12.8 Å². The third-order valence-electron chi connectivity index (χ3n) is 1.49. The van der Waals surface area contributed by atoms with Crippen molar-refractivity contribution in [2.75, 3.05) is 0 Å². The first kappa shape index (κ1) is 6.11. The first-order chi connectivity index (χ1) is 5.63. The summed E-state index contributed by atoms with van der Waals surface area (Å²) in [5.74, 6) is 0.304. The minimum atomic E-state index is 0.0428. The lowest BCUT2D eigenvalue weighted by Gasteiger charge is -2.15. The van der Waals surface area contributed by atoms with Crippen molar-refractivity contribution in [1.82, 2.24) is 0 Å². The van der Waals surface area contributed by atoms with Gasteiger partial charge in [0.25, 0.3) is 0 Å². The van der Waals surface area contributed by atoms with E-state index in [1.54, 1.807) is 0 Å². The molecule has 10 heavy (non-hydrogen) atoms. The molecule has 0 aliphatic heterocycles. The Morgan fingerprint density at radius 2 is 1.90 bits per heavy atom. The predicted octanol–water partition coefficient (Wildman–Crippen LogP) is 2.49. The van der Waals surface area contributed by atoms with Crippen molar-refractivity contribution in [3.05, 3.63) is 0 Å².